The van der Waals surface area contributed by atoms with Crippen molar-refractivity contribution in [2.24, 2.45) is 0 Å². The third kappa shape index (κ3) is 2.74. The number of H-pyrrole nitrogens is 1. The van der Waals surface area contributed by atoms with E-state index < -0.39 is 6.04 Å². The van der Waals surface area contributed by atoms with Crippen LogP contribution in [0.3, 0.4) is 0 Å². The van der Waals surface area contributed by atoms with E-state index in [1.165, 1.54) is 6.07 Å². The highest BCUT2D eigenvalue weighted by molar-refractivity contribution is 6.11. The third-order valence-corrected chi connectivity index (χ3v) is 5.33. The highest BCUT2D eigenvalue weighted by Gasteiger charge is 2.43. The number of halogens is 1. The molecule has 1 N–H and O–H groups in total. The molecule has 0 bridgehead atoms. The number of carbonyl (C=O) groups is 1. The molecular formula is C24H18FN3O. The van der Waals surface area contributed by atoms with Crippen molar-refractivity contribution in [1.82, 2.24) is 10.2 Å². The average Bonchev–Trinajstić information content (AvgIpc) is 3.29. The van der Waals surface area contributed by atoms with E-state index in [2.05, 4.69) is 10.2 Å². The van der Waals surface area contributed by atoms with Crippen LogP contribution in [0.25, 0.3) is 11.3 Å². The van der Waals surface area contributed by atoms with Crippen LogP contribution in [0.4, 0.5) is 10.1 Å². The fraction of sp³-hybridized carbons (Fsp3) is 0.0833. The molecule has 0 saturated carbocycles. The van der Waals surface area contributed by atoms with Gasteiger partial charge >= 0.3 is 0 Å². The number of anilines is 1. The van der Waals surface area contributed by atoms with Gasteiger partial charge in [0.25, 0.3) is 5.91 Å². The Morgan fingerprint density at radius 1 is 0.931 bits per heavy atom. The monoisotopic (exact) mass is 383 g/mol. The maximum Gasteiger partial charge on any atom is 0.277 e. The molecule has 4 nitrogen and oxygen atoms in total. The van der Waals surface area contributed by atoms with Gasteiger partial charge in [-0.25, -0.2) is 4.39 Å². The third-order valence-electron chi connectivity index (χ3n) is 5.33. The summed E-state index contributed by atoms with van der Waals surface area (Å²) >= 11 is 0. The zero-order valence-corrected chi connectivity index (χ0v) is 15.8. The number of fused-ring (bicyclic) bond motifs is 1. The molecule has 0 spiro atoms. The van der Waals surface area contributed by atoms with Gasteiger partial charge in [-0.3, -0.25) is 14.8 Å². The second-order valence-corrected chi connectivity index (χ2v) is 7.16. The Bertz CT molecular complexity index is 1200. The van der Waals surface area contributed by atoms with E-state index in [0.29, 0.717) is 28.2 Å². The number of aromatic amines is 1. The molecule has 0 saturated heterocycles. The lowest BCUT2D eigenvalue weighted by Gasteiger charge is -2.26. The van der Waals surface area contributed by atoms with Crippen LogP contribution in [0.15, 0.2) is 78.9 Å². The normalized spacial score (nSPS) is 15.6. The minimum atomic E-state index is -0.601. The summed E-state index contributed by atoms with van der Waals surface area (Å²) in [5.41, 5.74) is 4.94. The molecule has 0 radical (unpaired) electrons. The van der Waals surface area contributed by atoms with E-state index in [0.717, 1.165) is 11.1 Å². The molecule has 3 aromatic carbocycles. The molecule has 1 atom stereocenters. The quantitative estimate of drug-likeness (QED) is 0.524. The fourth-order valence-electron chi connectivity index (χ4n) is 3.92. The van der Waals surface area contributed by atoms with Gasteiger partial charge in [-0.2, -0.15) is 5.10 Å². The van der Waals surface area contributed by atoms with Crippen molar-refractivity contribution in [2.45, 2.75) is 13.0 Å². The number of benzene rings is 3. The zero-order valence-electron chi connectivity index (χ0n) is 15.8. The highest BCUT2D eigenvalue weighted by Crippen LogP contribution is 2.45. The lowest BCUT2D eigenvalue weighted by atomic mass is 9.95. The number of rotatable bonds is 3. The molecule has 1 aliphatic heterocycles. The van der Waals surface area contributed by atoms with Gasteiger partial charge in [0.1, 0.15) is 11.5 Å². The smallest absolute Gasteiger partial charge is 0.277 e. The Balaban J connectivity index is 1.75. The molecule has 5 heteroatoms. The number of aromatic nitrogens is 2. The van der Waals surface area contributed by atoms with Gasteiger partial charge < -0.3 is 0 Å². The molecule has 1 aromatic heterocycles. The molecule has 0 fully saturated rings. The minimum absolute atomic E-state index is 0.217. The van der Waals surface area contributed by atoms with Gasteiger partial charge in [0.05, 0.1) is 11.7 Å². The molecule has 0 aliphatic carbocycles. The first-order chi connectivity index (χ1) is 14.1. The van der Waals surface area contributed by atoms with Gasteiger partial charge in [-0.1, -0.05) is 66.2 Å². The molecule has 1 amide bonds. The van der Waals surface area contributed by atoms with Crippen LogP contribution in [0.5, 0.6) is 0 Å². The van der Waals surface area contributed by atoms with Crippen LogP contribution >= 0.6 is 0 Å². The number of nitrogens with zero attached hydrogens (tertiary/aromatic N) is 2. The van der Waals surface area contributed by atoms with Crippen LogP contribution in [0, 0.1) is 12.7 Å². The van der Waals surface area contributed by atoms with Gasteiger partial charge in [0, 0.05) is 22.4 Å². The van der Waals surface area contributed by atoms with Crippen LogP contribution < -0.4 is 4.90 Å². The number of aryl methyl sites for hydroxylation is 1. The first-order valence-corrected chi connectivity index (χ1v) is 9.43. The SMILES string of the molecule is Cc1ccc(-c2n[nH]c3c2C(c2ccccc2F)N(c2ccccc2)C3=O)cc1. The lowest BCUT2D eigenvalue weighted by Crippen LogP contribution is -2.29. The number of hydrogen-bond acceptors (Lipinski definition) is 2. The molecule has 5 rings (SSSR count). The number of carbonyl (C=O) groups excluding carboxylic acids is 1. The van der Waals surface area contributed by atoms with Gasteiger partial charge in [0.2, 0.25) is 0 Å². The zero-order chi connectivity index (χ0) is 20.0. The van der Waals surface area contributed by atoms with Crippen molar-refractivity contribution in [3.8, 4) is 11.3 Å². The maximum absolute atomic E-state index is 14.9. The van der Waals surface area contributed by atoms with E-state index >= 15 is 0 Å². The molecule has 4 aromatic rings. The van der Waals surface area contributed by atoms with E-state index in [1.54, 1.807) is 23.1 Å². The topological polar surface area (TPSA) is 49.0 Å². The summed E-state index contributed by atoms with van der Waals surface area (Å²) in [6.45, 7) is 2.02. The van der Waals surface area contributed by atoms with Gasteiger partial charge in [-0.15, -0.1) is 0 Å². The molecule has 2 heterocycles. The van der Waals surface area contributed by atoms with Crippen molar-refractivity contribution in [2.75, 3.05) is 4.90 Å². The lowest BCUT2D eigenvalue weighted by molar-refractivity contribution is 0.0988. The standard InChI is InChI=1S/C24H18FN3O/c1-15-11-13-16(14-12-15)21-20-22(27-26-21)24(29)28(17-7-3-2-4-8-17)23(20)18-9-5-6-10-19(18)25/h2-14,23H,1H3,(H,26,27). The second kappa shape index (κ2) is 6.71. The van der Waals surface area contributed by atoms with E-state index in [-0.39, 0.29) is 11.7 Å². The first-order valence-electron chi connectivity index (χ1n) is 9.43. The minimum Gasteiger partial charge on any atom is -0.295 e. The molecule has 1 aliphatic rings. The molecule has 1 unspecified atom stereocenters. The van der Waals surface area contributed by atoms with Gasteiger partial charge in [-0.05, 0) is 25.1 Å². The van der Waals surface area contributed by atoms with E-state index in [1.807, 2.05) is 61.5 Å². The van der Waals surface area contributed by atoms with Crippen LogP contribution in [0.1, 0.15) is 33.2 Å². The Kier molecular flexibility index (Phi) is 4.02. The van der Waals surface area contributed by atoms with Crippen molar-refractivity contribution < 1.29 is 9.18 Å². The summed E-state index contributed by atoms with van der Waals surface area (Å²) in [7, 11) is 0. The van der Waals surface area contributed by atoms with Gasteiger partial charge in [0.15, 0.2) is 0 Å². The summed E-state index contributed by atoms with van der Waals surface area (Å²) in [5.74, 6) is -0.569. The van der Waals surface area contributed by atoms with Crippen LogP contribution in [-0.4, -0.2) is 16.1 Å². The Hall–Kier alpha value is -3.73. The Labute approximate surface area is 167 Å². The van der Waals surface area contributed by atoms with Crippen molar-refractivity contribution in [3.63, 3.8) is 0 Å². The predicted molar refractivity (Wildman–Crippen MR) is 110 cm³/mol. The van der Waals surface area contributed by atoms with Crippen molar-refractivity contribution in [1.29, 1.82) is 0 Å². The Morgan fingerprint density at radius 3 is 2.34 bits per heavy atom. The molecule has 142 valence electrons. The van der Waals surface area contributed by atoms with Crippen LogP contribution in [-0.2, 0) is 0 Å². The summed E-state index contributed by atoms with van der Waals surface area (Å²) in [6.07, 6.45) is 0. The van der Waals surface area contributed by atoms with Crippen molar-refractivity contribution >= 4 is 11.6 Å². The van der Waals surface area contributed by atoms with E-state index in [9.17, 15) is 9.18 Å². The summed E-state index contributed by atoms with van der Waals surface area (Å²) in [5, 5.41) is 7.33. The first kappa shape index (κ1) is 17.4. The number of amides is 1. The molecular weight excluding hydrogens is 365 g/mol. The summed E-state index contributed by atoms with van der Waals surface area (Å²) in [6, 6.07) is 23.3. The number of hydrogen-bond donors (Lipinski definition) is 1. The van der Waals surface area contributed by atoms with Crippen LogP contribution in [0.2, 0.25) is 0 Å². The maximum atomic E-state index is 14.9. The largest absolute Gasteiger partial charge is 0.295 e. The average molecular weight is 383 g/mol. The number of para-hydroxylation sites is 1. The summed E-state index contributed by atoms with van der Waals surface area (Å²) in [4.78, 5) is 15.0. The Morgan fingerprint density at radius 2 is 1.62 bits per heavy atom. The molecule has 29 heavy (non-hydrogen) atoms. The van der Waals surface area contributed by atoms with E-state index in [4.69, 9.17) is 0 Å². The summed E-state index contributed by atoms with van der Waals surface area (Å²) < 4.78 is 14.9. The second-order valence-electron chi connectivity index (χ2n) is 7.16. The fourth-order valence-corrected chi connectivity index (χ4v) is 3.92. The van der Waals surface area contributed by atoms with Crippen molar-refractivity contribution in [3.05, 3.63) is 107 Å². The highest BCUT2D eigenvalue weighted by atomic mass is 19.1. The predicted octanol–water partition coefficient (Wildman–Crippen LogP) is 5.27. The number of nitrogens with one attached hydrogen (secondary N) is 1.